The molecule has 12 heavy (non-hydrogen) atoms. The second-order valence-corrected chi connectivity index (χ2v) is 3.50. The molecule has 0 saturated heterocycles. The fourth-order valence-electron chi connectivity index (χ4n) is 1.95. The van der Waals surface area contributed by atoms with Gasteiger partial charge in [-0.3, -0.25) is 4.68 Å². The second kappa shape index (κ2) is 3.27. The molecule has 0 amide bonds. The van der Waals surface area contributed by atoms with Gasteiger partial charge in [0.2, 0.25) is 0 Å². The normalized spacial score (nSPS) is 30.4. The number of nitrogens with two attached hydrogens (primary N) is 1. The lowest BCUT2D eigenvalue weighted by atomic mass is 9.91. The third-order valence-electron chi connectivity index (χ3n) is 2.65. The van der Waals surface area contributed by atoms with Gasteiger partial charge in [0.15, 0.2) is 0 Å². The lowest BCUT2D eigenvalue weighted by Gasteiger charge is -2.28. The number of rotatable bonds is 1. The second-order valence-electron chi connectivity index (χ2n) is 3.50. The molecule has 2 atom stereocenters. The molecule has 3 heteroatoms. The van der Waals surface area contributed by atoms with E-state index in [1.807, 2.05) is 23.1 Å². The zero-order chi connectivity index (χ0) is 8.39. The molecule has 1 aromatic heterocycles. The molecule has 1 saturated carbocycles. The summed E-state index contributed by atoms with van der Waals surface area (Å²) in [6.07, 6.45) is 8.72. The topological polar surface area (TPSA) is 43.8 Å². The molecule has 1 fully saturated rings. The number of hydrogen-bond acceptors (Lipinski definition) is 2. The summed E-state index contributed by atoms with van der Waals surface area (Å²) in [6, 6.07) is 2.70. The Labute approximate surface area is 72.6 Å². The monoisotopic (exact) mass is 165 g/mol. The fraction of sp³-hybridized carbons (Fsp3) is 0.667. The van der Waals surface area contributed by atoms with Gasteiger partial charge in [0.05, 0.1) is 6.04 Å². The summed E-state index contributed by atoms with van der Waals surface area (Å²) >= 11 is 0. The van der Waals surface area contributed by atoms with Crippen LogP contribution in [0.2, 0.25) is 0 Å². The van der Waals surface area contributed by atoms with E-state index in [-0.39, 0.29) is 0 Å². The van der Waals surface area contributed by atoms with Crippen molar-refractivity contribution in [2.24, 2.45) is 5.73 Å². The van der Waals surface area contributed by atoms with Gasteiger partial charge in [-0.25, -0.2) is 0 Å². The lowest BCUT2D eigenvalue weighted by molar-refractivity contribution is 0.286. The molecule has 3 nitrogen and oxygen atoms in total. The van der Waals surface area contributed by atoms with Crippen LogP contribution in [0.15, 0.2) is 18.5 Å². The number of aromatic nitrogens is 2. The van der Waals surface area contributed by atoms with E-state index in [2.05, 4.69) is 5.10 Å². The van der Waals surface area contributed by atoms with E-state index in [0.29, 0.717) is 12.1 Å². The van der Waals surface area contributed by atoms with Gasteiger partial charge in [-0.05, 0) is 18.9 Å². The number of nitrogens with zero attached hydrogens (tertiary/aromatic N) is 2. The lowest BCUT2D eigenvalue weighted by Crippen LogP contribution is -2.35. The molecule has 1 aliphatic carbocycles. The SMILES string of the molecule is N[C@H]1CCCCC1n1cccn1. The van der Waals surface area contributed by atoms with Crippen LogP contribution in [0.25, 0.3) is 0 Å². The van der Waals surface area contributed by atoms with Crippen molar-refractivity contribution in [2.75, 3.05) is 0 Å². The van der Waals surface area contributed by atoms with Crippen LogP contribution in [0.4, 0.5) is 0 Å². The summed E-state index contributed by atoms with van der Waals surface area (Å²) in [5, 5.41) is 4.23. The smallest absolute Gasteiger partial charge is 0.0670 e. The first-order valence-electron chi connectivity index (χ1n) is 4.62. The Morgan fingerprint density at radius 3 is 2.83 bits per heavy atom. The molecule has 1 heterocycles. The van der Waals surface area contributed by atoms with Gasteiger partial charge < -0.3 is 5.73 Å². The minimum absolute atomic E-state index is 0.304. The Balaban J connectivity index is 2.11. The highest BCUT2D eigenvalue weighted by Crippen LogP contribution is 2.26. The standard InChI is InChI=1S/C9H15N3/c10-8-4-1-2-5-9(8)12-7-3-6-11-12/h3,6-9H,1-2,4-5,10H2/t8-,9?/m0/s1. The maximum atomic E-state index is 6.01. The van der Waals surface area contributed by atoms with Crippen LogP contribution in [0, 0.1) is 0 Å². The quantitative estimate of drug-likeness (QED) is 0.682. The Hall–Kier alpha value is -0.830. The van der Waals surface area contributed by atoms with Crippen molar-refractivity contribution in [3.63, 3.8) is 0 Å². The van der Waals surface area contributed by atoms with E-state index in [0.717, 1.165) is 6.42 Å². The minimum atomic E-state index is 0.304. The maximum Gasteiger partial charge on any atom is 0.0670 e. The van der Waals surface area contributed by atoms with Crippen molar-refractivity contribution in [2.45, 2.75) is 37.8 Å². The summed E-state index contributed by atoms with van der Waals surface area (Å²) in [5.74, 6) is 0. The molecule has 0 radical (unpaired) electrons. The van der Waals surface area contributed by atoms with Gasteiger partial charge in [-0.1, -0.05) is 12.8 Å². The molecule has 1 unspecified atom stereocenters. The van der Waals surface area contributed by atoms with Crippen LogP contribution in [0.5, 0.6) is 0 Å². The summed E-state index contributed by atoms with van der Waals surface area (Å²) in [5.41, 5.74) is 6.01. The predicted molar refractivity (Wildman–Crippen MR) is 47.7 cm³/mol. The van der Waals surface area contributed by atoms with Crippen molar-refractivity contribution in [1.82, 2.24) is 9.78 Å². The fourth-order valence-corrected chi connectivity index (χ4v) is 1.95. The molecular weight excluding hydrogens is 150 g/mol. The van der Waals surface area contributed by atoms with Gasteiger partial charge >= 0.3 is 0 Å². The average molecular weight is 165 g/mol. The van der Waals surface area contributed by atoms with E-state index >= 15 is 0 Å². The molecule has 1 aromatic rings. The highest BCUT2D eigenvalue weighted by molar-refractivity contribution is 4.87. The van der Waals surface area contributed by atoms with Crippen molar-refractivity contribution >= 4 is 0 Å². The minimum Gasteiger partial charge on any atom is -0.326 e. The van der Waals surface area contributed by atoms with Crippen molar-refractivity contribution < 1.29 is 0 Å². The Kier molecular flexibility index (Phi) is 2.13. The van der Waals surface area contributed by atoms with Crippen molar-refractivity contribution in [3.8, 4) is 0 Å². The van der Waals surface area contributed by atoms with E-state index in [9.17, 15) is 0 Å². The van der Waals surface area contributed by atoms with Crippen LogP contribution >= 0.6 is 0 Å². The highest BCUT2D eigenvalue weighted by atomic mass is 15.3. The molecule has 0 bridgehead atoms. The Morgan fingerprint density at radius 2 is 2.17 bits per heavy atom. The van der Waals surface area contributed by atoms with E-state index in [1.165, 1.54) is 19.3 Å². The van der Waals surface area contributed by atoms with Crippen LogP contribution in [-0.2, 0) is 0 Å². The van der Waals surface area contributed by atoms with Gasteiger partial charge in [0, 0.05) is 18.4 Å². The summed E-state index contributed by atoms with van der Waals surface area (Å²) in [6.45, 7) is 0. The van der Waals surface area contributed by atoms with Gasteiger partial charge in [0.1, 0.15) is 0 Å². The average Bonchev–Trinajstić information content (AvgIpc) is 2.57. The third kappa shape index (κ3) is 1.37. The first kappa shape index (κ1) is 7.80. The van der Waals surface area contributed by atoms with Crippen LogP contribution in [0.3, 0.4) is 0 Å². The Bertz CT molecular complexity index is 230. The molecule has 1 aliphatic rings. The largest absolute Gasteiger partial charge is 0.326 e. The highest BCUT2D eigenvalue weighted by Gasteiger charge is 2.22. The maximum absolute atomic E-state index is 6.01. The third-order valence-corrected chi connectivity index (χ3v) is 2.65. The van der Waals surface area contributed by atoms with Crippen LogP contribution in [0.1, 0.15) is 31.7 Å². The summed E-state index contributed by atoms with van der Waals surface area (Å²) in [7, 11) is 0. The molecule has 0 spiro atoms. The molecule has 2 N–H and O–H groups in total. The van der Waals surface area contributed by atoms with E-state index in [4.69, 9.17) is 5.73 Å². The number of hydrogen-bond donors (Lipinski definition) is 1. The van der Waals surface area contributed by atoms with E-state index in [1.54, 1.807) is 0 Å². The van der Waals surface area contributed by atoms with Crippen LogP contribution < -0.4 is 5.73 Å². The molecule has 2 rings (SSSR count). The molecule has 66 valence electrons. The first-order valence-corrected chi connectivity index (χ1v) is 4.62. The predicted octanol–water partition coefficient (Wildman–Crippen LogP) is 1.33. The first-order chi connectivity index (χ1) is 5.88. The van der Waals surface area contributed by atoms with Gasteiger partial charge in [0.25, 0.3) is 0 Å². The van der Waals surface area contributed by atoms with Crippen molar-refractivity contribution in [3.05, 3.63) is 18.5 Å². The summed E-state index contributed by atoms with van der Waals surface area (Å²) < 4.78 is 2.00. The Morgan fingerprint density at radius 1 is 1.33 bits per heavy atom. The van der Waals surface area contributed by atoms with E-state index < -0.39 is 0 Å². The van der Waals surface area contributed by atoms with Crippen LogP contribution in [-0.4, -0.2) is 15.8 Å². The summed E-state index contributed by atoms with van der Waals surface area (Å²) in [4.78, 5) is 0. The van der Waals surface area contributed by atoms with Crippen molar-refractivity contribution in [1.29, 1.82) is 0 Å². The zero-order valence-electron chi connectivity index (χ0n) is 7.19. The zero-order valence-corrected chi connectivity index (χ0v) is 7.19. The van der Waals surface area contributed by atoms with Gasteiger partial charge in [-0.2, -0.15) is 5.10 Å². The molecule has 0 aliphatic heterocycles. The van der Waals surface area contributed by atoms with Gasteiger partial charge in [-0.15, -0.1) is 0 Å². The molecular formula is C9H15N3. The molecule has 0 aromatic carbocycles.